The maximum atomic E-state index is 13.0. The van der Waals surface area contributed by atoms with Crippen molar-refractivity contribution in [1.82, 2.24) is 4.31 Å². The predicted molar refractivity (Wildman–Crippen MR) is 95.3 cm³/mol. The van der Waals surface area contributed by atoms with Gasteiger partial charge in [-0.25, -0.2) is 12.8 Å². The summed E-state index contributed by atoms with van der Waals surface area (Å²) >= 11 is 0. The van der Waals surface area contributed by atoms with E-state index >= 15 is 0 Å². The van der Waals surface area contributed by atoms with Gasteiger partial charge in [0.25, 0.3) is 5.69 Å². The highest BCUT2D eigenvalue weighted by Crippen LogP contribution is 2.27. The molecule has 0 saturated carbocycles. The summed E-state index contributed by atoms with van der Waals surface area (Å²) in [4.78, 5) is 22.6. The Labute approximate surface area is 155 Å². The summed E-state index contributed by atoms with van der Waals surface area (Å²) in [5.74, 6) is -0.904. The number of hydrogen-bond donors (Lipinski definition) is 0. The summed E-state index contributed by atoms with van der Waals surface area (Å²) in [6.45, 7) is 0.283. The monoisotopic (exact) mass is 392 g/mol. The SMILES string of the molecule is O=C(c1ccc(F)cc1)C1CCN(S(=O)(=O)c2cccc([N+](=O)[O-])c2)CC1. The lowest BCUT2D eigenvalue weighted by molar-refractivity contribution is -0.385. The molecular formula is C18H17FN2O5S. The number of carbonyl (C=O) groups is 1. The third-order valence-electron chi connectivity index (χ3n) is 4.62. The number of ketones is 1. The van der Waals surface area contributed by atoms with Crippen LogP contribution in [0.25, 0.3) is 0 Å². The van der Waals surface area contributed by atoms with E-state index in [4.69, 9.17) is 0 Å². The van der Waals surface area contributed by atoms with Crippen molar-refractivity contribution >= 4 is 21.5 Å². The van der Waals surface area contributed by atoms with Crippen molar-refractivity contribution in [1.29, 1.82) is 0 Å². The number of nitro benzene ring substituents is 1. The van der Waals surface area contributed by atoms with E-state index in [1.165, 1.54) is 46.8 Å². The molecule has 27 heavy (non-hydrogen) atoms. The molecule has 0 spiro atoms. The molecule has 0 aromatic heterocycles. The topological polar surface area (TPSA) is 97.6 Å². The molecule has 0 amide bonds. The van der Waals surface area contributed by atoms with Gasteiger partial charge in [-0.15, -0.1) is 0 Å². The van der Waals surface area contributed by atoms with E-state index in [9.17, 15) is 27.7 Å². The minimum absolute atomic E-state index is 0.137. The Hall–Kier alpha value is -2.65. The largest absolute Gasteiger partial charge is 0.294 e. The minimum Gasteiger partial charge on any atom is -0.294 e. The van der Waals surface area contributed by atoms with Gasteiger partial charge in [-0.05, 0) is 43.2 Å². The average Bonchev–Trinajstić information content (AvgIpc) is 2.68. The number of sulfonamides is 1. The van der Waals surface area contributed by atoms with Gasteiger partial charge in [0.1, 0.15) is 5.82 Å². The lowest BCUT2D eigenvalue weighted by Crippen LogP contribution is -2.40. The van der Waals surface area contributed by atoms with Crippen LogP contribution in [0.2, 0.25) is 0 Å². The Kier molecular flexibility index (Phi) is 5.33. The molecule has 0 N–H and O–H groups in total. The number of non-ortho nitro benzene ring substituents is 1. The van der Waals surface area contributed by atoms with E-state index in [0.717, 1.165) is 6.07 Å². The number of rotatable bonds is 5. The van der Waals surface area contributed by atoms with Crippen LogP contribution in [0.5, 0.6) is 0 Å². The van der Waals surface area contributed by atoms with Crippen molar-refractivity contribution in [2.75, 3.05) is 13.1 Å². The van der Waals surface area contributed by atoms with E-state index in [-0.39, 0.29) is 35.4 Å². The van der Waals surface area contributed by atoms with Crippen LogP contribution >= 0.6 is 0 Å². The van der Waals surface area contributed by atoms with Crippen molar-refractivity contribution < 1.29 is 22.5 Å². The van der Waals surface area contributed by atoms with Gasteiger partial charge in [-0.2, -0.15) is 4.31 Å². The minimum atomic E-state index is -3.87. The first kappa shape index (κ1) is 19.1. The highest BCUT2D eigenvalue weighted by Gasteiger charge is 2.33. The molecule has 1 aliphatic rings. The van der Waals surface area contributed by atoms with Crippen LogP contribution in [0.15, 0.2) is 53.4 Å². The first-order chi connectivity index (χ1) is 12.8. The maximum absolute atomic E-state index is 13.0. The third-order valence-corrected chi connectivity index (χ3v) is 6.51. The first-order valence-corrected chi connectivity index (χ1v) is 9.77. The summed E-state index contributed by atoms with van der Waals surface area (Å²) in [5.41, 5.74) is 0.105. The fourth-order valence-electron chi connectivity index (χ4n) is 3.11. The van der Waals surface area contributed by atoms with Gasteiger partial charge < -0.3 is 0 Å². The zero-order chi connectivity index (χ0) is 19.6. The van der Waals surface area contributed by atoms with Crippen LogP contribution in [-0.2, 0) is 10.0 Å². The molecule has 0 radical (unpaired) electrons. The second kappa shape index (κ2) is 7.53. The fraction of sp³-hybridized carbons (Fsp3) is 0.278. The van der Waals surface area contributed by atoms with Gasteiger partial charge in [-0.1, -0.05) is 6.07 Å². The first-order valence-electron chi connectivity index (χ1n) is 8.33. The molecule has 9 heteroatoms. The second-order valence-corrected chi connectivity index (χ2v) is 8.24. The summed E-state index contributed by atoms with van der Waals surface area (Å²) in [6.07, 6.45) is 0.675. The van der Waals surface area contributed by atoms with Gasteiger partial charge >= 0.3 is 0 Å². The third kappa shape index (κ3) is 4.04. The number of nitrogens with zero attached hydrogens (tertiary/aromatic N) is 2. The molecule has 1 fully saturated rings. The molecule has 142 valence electrons. The maximum Gasteiger partial charge on any atom is 0.270 e. The van der Waals surface area contributed by atoms with Gasteiger partial charge in [0.2, 0.25) is 10.0 Å². The molecule has 2 aromatic rings. The number of carbonyl (C=O) groups excluding carboxylic acids is 1. The Morgan fingerprint density at radius 3 is 2.33 bits per heavy atom. The van der Waals surface area contributed by atoms with E-state index < -0.39 is 20.8 Å². The van der Waals surface area contributed by atoms with Crippen molar-refractivity contribution in [3.63, 3.8) is 0 Å². The molecule has 0 atom stereocenters. The molecule has 0 aliphatic carbocycles. The number of hydrogen-bond acceptors (Lipinski definition) is 5. The Bertz CT molecular complexity index is 968. The smallest absolute Gasteiger partial charge is 0.270 e. The number of Topliss-reactive ketones (excluding diaryl/α,β-unsaturated/α-hetero) is 1. The quantitative estimate of drug-likeness (QED) is 0.443. The number of nitro groups is 1. The van der Waals surface area contributed by atoms with Gasteiger partial charge in [0, 0.05) is 36.7 Å². The summed E-state index contributed by atoms with van der Waals surface area (Å²) in [6, 6.07) is 10.2. The van der Waals surface area contributed by atoms with Gasteiger partial charge in [0.05, 0.1) is 9.82 Å². The lowest BCUT2D eigenvalue weighted by atomic mass is 9.90. The van der Waals surface area contributed by atoms with Crippen LogP contribution in [0.1, 0.15) is 23.2 Å². The van der Waals surface area contributed by atoms with Crippen LogP contribution in [0.4, 0.5) is 10.1 Å². The molecule has 1 heterocycles. The van der Waals surface area contributed by atoms with Crippen molar-refractivity contribution in [2.24, 2.45) is 5.92 Å². The standard InChI is InChI=1S/C18H17FN2O5S/c19-15-6-4-13(5-7-15)18(22)14-8-10-20(11-9-14)27(25,26)17-3-1-2-16(12-17)21(23)24/h1-7,12,14H,8-11H2. The molecule has 1 aliphatic heterocycles. The summed E-state index contributed by atoms with van der Waals surface area (Å²) in [5, 5.41) is 10.9. The Balaban J connectivity index is 1.71. The van der Waals surface area contributed by atoms with Crippen molar-refractivity contribution in [3.8, 4) is 0 Å². The van der Waals surface area contributed by atoms with Crippen LogP contribution < -0.4 is 0 Å². The fourth-order valence-corrected chi connectivity index (χ4v) is 4.62. The Morgan fingerprint density at radius 2 is 1.74 bits per heavy atom. The summed E-state index contributed by atoms with van der Waals surface area (Å²) < 4.78 is 39.7. The highest BCUT2D eigenvalue weighted by molar-refractivity contribution is 7.89. The number of benzene rings is 2. The molecule has 0 unspecified atom stereocenters. The van der Waals surface area contributed by atoms with Gasteiger partial charge in [0.15, 0.2) is 5.78 Å². The van der Waals surface area contributed by atoms with Crippen molar-refractivity contribution in [3.05, 3.63) is 70.0 Å². The number of piperidine rings is 1. The zero-order valence-electron chi connectivity index (χ0n) is 14.2. The predicted octanol–water partition coefficient (Wildman–Crippen LogP) is 3.02. The molecule has 3 rings (SSSR count). The molecule has 1 saturated heterocycles. The van der Waals surface area contributed by atoms with E-state index in [2.05, 4.69) is 0 Å². The average molecular weight is 392 g/mol. The van der Waals surface area contributed by atoms with Crippen LogP contribution in [-0.4, -0.2) is 36.5 Å². The molecule has 7 nitrogen and oxygen atoms in total. The van der Waals surface area contributed by atoms with Gasteiger partial charge in [-0.3, -0.25) is 14.9 Å². The second-order valence-electron chi connectivity index (χ2n) is 6.30. The molecular weight excluding hydrogens is 375 g/mol. The number of halogens is 1. The highest BCUT2D eigenvalue weighted by atomic mass is 32.2. The van der Waals surface area contributed by atoms with E-state index in [0.29, 0.717) is 18.4 Å². The van der Waals surface area contributed by atoms with E-state index in [1.54, 1.807) is 0 Å². The molecule has 2 aromatic carbocycles. The van der Waals surface area contributed by atoms with Crippen molar-refractivity contribution in [2.45, 2.75) is 17.7 Å². The normalized spacial score (nSPS) is 16.2. The van der Waals surface area contributed by atoms with E-state index in [1.807, 2.05) is 0 Å². The lowest BCUT2D eigenvalue weighted by Gasteiger charge is -2.30. The van der Waals surface area contributed by atoms with Crippen LogP contribution in [0.3, 0.4) is 0 Å². The zero-order valence-corrected chi connectivity index (χ0v) is 15.1. The van der Waals surface area contributed by atoms with Crippen LogP contribution in [0, 0.1) is 21.8 Å². The Morgan fingerprint density at radius 1 is 1.11 bits per heavy atom. The molecule has 0 bridgehead atoms. The summed E-state index contributed by atoms with van der Waals surface area (Å²) in [7, 11) is -3.87.